The Bertz CT molecular complexity index is 683. The van der Waals surface area contributed by atoms with E-state index in [0.29, 0.717) is 11.3 Å². The van der Waals surface area contributed by atoms with Gasteiger partial charge in [-0.3, -0.25) is 4.79 Å². The summed E-state index contributed by atoms with van der Waals surface area (Å²) in [6.45, 7) is 2.02. The minimum Gasteiger partial charge on any atom is -0.397 e. The number of aryl methyl sites for hydroxylation is 1. The molecule has 0 atom stereocenters. The van der Waals surface area contributed by atoms with Crippen LogP contribution in [0.1, 0.15) is 15.9 Å². The predicted molar refractivity (Wildman–Crippen MR) is 91.0 cm³/mol. The normalized spacial score (nSPS) is 10.3. The number of anilines is 3. The third kappa shape index (κ3) is 3.55. The number of nitrogen functional groups attached to an aromatic ring is 1. The van der Waals surface area contributed by atoms with Gasteiger partial charge in [0, 0.05) is 29.8 Å². The third-order valence-electron chi connectivity index (χ3n) is 3.17. The highest BCUT2D eigenvalue weighted by molar-refractivity contribution is 9.10. The molecule has 110 valence electrons. The highest BCUT2D eigenvalue weighted by Crippen LogP contribution is 2.28. The highest BCUT2D eigenvalue weighted by atomic mass is 79.9. The van der Waals surface area contributed by atoms with E-state index in [1.807, 2.05) is 31.2 Å². The standard InChI is InChI=1S/C16H18BrN3O/c1-10-4-6-12(17)9-15(10)19-14-7-5-11(8-13(14)18)16(21)20(2)3/h4-9,19H,18H2,1-3H3. The van der Waals surface area contributed by atoms with E-state index >= 15 is 0 Å². The number of carbonyl (C=O) groups is 1. The van der Waals surface area contributed by atoms with Gasteiger partial charge in [-0.25, -0.2) is 0 Å². The summed E-state index contributed by atoms with van der Waals surface area (Å²) in [6, 6.07) is 11.3. The van der Waals surface area contributed by atoms with Crippen LogP contribution in [0.3, 0.4) is 0 Å². The van der Waals surface area contributed by atoms with E-state index < -0.39 is 0 Å². The van der Waals surface area contributed by atoms with E-state index in [4.69, 9.17) is 5.73 Å². The number of nitrogens with two attached hydrogens (primary N) is 1. The molecule has 0 radical (unpaired) electrons. The Hall–Kier alpha value is -2.01. The van der Waals surface area contributed by atoms with Crippen LogP contribution in [-0.2, 0) is 0 Å². The van der Waals surface area contributed by atoms with Gasteiger partial charge >= 0.3 is 0 Å². The van der Waals surface area contributed by atoms with Gasteiger partial charge in [0.2, 0.25) is 0 Å². The van der Waals surface area contributed by atoms with Gasteiger partial charge in [-0.2, -0.15) is 0 Å². The van der Waals surface area contributed by atoms with Crippen molar-refractivity contribution in [2.24, 2.45) is 0 Å². The Kier molecular flexibility index (Phi) is 4.53. The Labute approximate surface area is 133 Å². The molecule has 5 heteroatoms. The van der Waals surface area contributed by atoms with Crippen molar-refractivity contribution in [3.8, 4) is 0 Å². The molecule has 2 aromatic carbocycles. The fourth-order valence-electron chi connectivity index (χ4n) is 1.94. The quantitative estimate of drug-likeness (QED) is 0.830. The molecule has 4 nitrogen and oxygen atoms in total. The number of hydrogen-bond donors (Lipinski definition) is 2. The lowest BCUT2D eigenvalue weighted by molar-refractivity contribution is 0.0827. The maximum atomic E-state index is 11.9. The first-order valence-electron chi connectivity index (χ1n) is 6.53. The molecule has 0 unspecified atom stereocenters. The lowest BCUT2D eigenvalue weighted by atomic mass is 10.1. The molecule has 21 heavy (non-hydrogen) atoms. The summed E-state index contributed by atoms with van der Waals surface area (Å²) in [7, 11) is 3.44. The molecule has 0 bridgehead atoms. The average molecular weight is 348 g/mol. The van der Waals surface area contributed by atoms with Crippen LogP contribution >= 0.6 is 15.9 Å². The molecular formula is C16H18BrN3O. The number of rotatable bonds is 3. The zero-order valence-electron chi connectivity index (χ0n) is 12.3. The van der Waals surface area contributed by atoms with Gasteiger partial charge in [0.1, 0.15) is 0 Å². The van der Waals surface area contributed by atoms with Crippen molar-refractivity contribution in [1.29, 1.82) is 0 Å². The lowest BCUT2D eigenvalue weighted by Gasteiger charge is -2.15. The van der Waals surface area contributed by atoms with Crippen LogP contribution in [0.15, 0.2) is 40.9 Å². The second kappa shape index (κ2) is 6.18. The molecule has 0 heterocycles. The first kappa shape index (κ1) is 15.4. The van der Waals surface area contributed by atoms with Gasteiger partial charge in [0.15, 0.2) is 0 Å². The fraction of sp³-hybridized carbons (Fsp3) is 0.188. The SMILES string of the molecule is Cc1ccc(Br)cc1Nc1ccc(C(=O)N(C)C)cc1N. The van der Waals surface area contributed by atoms with E-state index in [1.165, 1.54) is 4.90 Å². The van der Waals surface area contributed by atoms with Crippen molar-refractivity contribution in [1.82, 2.24) is 4.90 Å². The Balaban J connectivity index is 2.30. The Morgan fingerprint density at radius 2 is 1.86 bits per heavy atom. The molecular weight excluding hydrogens is 330 g/mol. The molecule has 3 N–H and O–H groups in total. The zero-order chi connectivity index (χ0) is 15.6. The smallest absolute Gasteiger partial charge is 0.253 e. The first-order valence-corrected chi connectivity index (χ1v) is 7.32. The van der Waals surface area contributed by atoms with Gasteiger partial charge in [0.05, 0.1) is 11.4 Å². The number of hydrogen-bond acceptors (Lipinski definition) is 3. The first-order chi connectivity index (χ1) is 9.88. The molecule has 1 amide bonds. The molecule has 2 aromatic rings. The molecule has 2 rings (SSSR count). The summed E-state index contributed by atoms with van der Waals surface area (Å²) in [4.78, 5) is 13.4. The van der Waals surface area contributed by atoms with Crippen molar-refractivity contribution in [2.45, 2.75) is 6.92 Å². The van der Waals surface area contributed by atoms with Gasteiger partial charge in [-0.15, -0.1) is 0 Å². The van der Waals surface area contributed by atoms with Crippen LogP contribution in [0.25, 0.3) is 0 Å². The van der Waals surface area contributed by atoms with Gasteiger partial charge in [-0.1, -0.05) is 22.0 Å². The fourth-order valence-corrected chi connectivity index (χ4v) is 2.30. The van der Waals surface area contributed by atoms with E-state index in [9.17, 15) is 4.79 Å². The summed E-state index contributed by atoms with van der Waals surface area (Å²) >= 11 is 3.45. The van der Waals surface area contributed by atoms with Crippen LogP contribution in [0.2, 0.25) is 0 Å². The van der Waals surface area contributed by atoms with E-state index in [1.54, 1.807) is 26.2 Å². The average Bonchev–Trinajstić information content (AvgIpc) is 2.44. The number of nitrogens with one attached hydrogen (secondary N) is 1. The molecule has 0 aliphatic heterocycles. The van der Waals surface area contributed by atoms with Gasteiger partial charge < -0.3 is 16.0 Å². The molecule has 0 saturated heterocycles. The topological polar surface area (TPSA) is 58.4 Å². The maximum absolute atomic E-state index is 11.9. The molecule has 0 aliphatic rings. The van der Waals surface area contributed by atoms with E-state index in [0.717, 1.165) is 21.4 Å². The Morgan fingerprint density at radius 3 is 2.48 bits per heavy atom. The van der Waals surface area contributed by atoms with E-state index in [2.05, 4.69) is 21.2 Å². The monoisotopic (exact) mass is 347 g/mol. The molecule has 0 fully saturated rings. The number of amides is 1. The molecule has 0 spiro atoms. The van der Waals surface area contributed by atoms with Crippen molar-refractivity contribution in [2.75, 3.05) is 25.1 Å². The summed E-state index contributed by atoms with van der Waals surface area (Å²) in [5.74, 6) is -0.0631. The van der Waals surface area contributed by atoms with Gasteiger partial charge in [0.25, 0.3) is 5.91 Å². The Morgan fingerprint density at radius 1 is 1.14 bits per heavy atom. The van der Waals surface area contributed by atoms with Crippen LogP contribution < -0.4 is 11.1 Å². The third-order valence-corrected chi connectivity index (χ3v) is 3.67. The zero-order valence-corrected chi connectivity index (χ0v) is 13.9. The number of halogens is 1. The largest absolute Gasteiger partial charge is 0.397 e. The highest BCUT2D eigenvalue weighted by Gasteiger charge is 2.10. The van der Waals surface area contributed by atoms with Crippen molar-refractivity contribution in [3.63, 3.8) is 0 Å². The second-order valence-corrected chi connectivity index (χ2v) is 6.00. The minimum atomic E-state index is -0.0631. The number of benzene rings is 2. The molecule has 0 aromatic heterocycles. The van der Waals surface area contributed by atoms with Crippen molar-refractivity contribution < 1.29 is 4.79 Å². The minimum absolute atomic E-state index is 0.0631. The number of carbonyl (C=O) groups excluding carboxylic acids is 1. The second-order valence-electron chi connectivity index (χ2n) is 5.09. The van der Waals surface area contributed by atoms with Crippen molar-refractivity contribution in [3.05, 3.63) is 52.0 Å². The summed E-state index contributed by atoms with van der Waals surface area (Å²) in [5, 5.41) is 3.30. The lowest BCUT2D eigenvalue weighted by Crippen LogP contribution is -2.21. The number of nitrogens with zero attached hydrogens (tertiary/aromatic N) is 1. The summed E-state index contributed by atoms with van der Waals surface area (Å²) in [5.41, 5.74) is 10.0. The summed E-state index contributed by atoms with van der Waals surface area (Å²) < 4.78 is 0.994. The van der Waals surface area contributed by atoms with Crippen LogP contribution in [-0.4, -0.2) is 24.9 Å². The van der Waals surface area contributed by atoms with Crippen LogP contribution in [0.4, 0.5) is 17.1 Å². The predicted octanol–water partition coefficient (Wildman–Crippen LogP) is 3.79. The van der Waals surface area contributed by atoms with Crippen LogP contribution in [0.5, 0.6) is 0 Å². The van der Waals surface area contributed by atoms with Crippen molar-refractivity contribution >= 4 is 38.9 Å². The van der Waals surface area contributed by atoms with Gasteiger partial charge in [-0.05, 0) is 42.8 Å². The molecule has 0 aliphatic carbocycles. The maximum Gasteiger partial charge on any atom is 0.253 e. The van der Waals surface area contributed by atoms with Crippen LogP contribution in [0, 0.1) is 6.92 Å². The van der Waals surface area contributed by atoms with E-state index in [-0.39, 0.29) is 5.91 Å². The molecule has 0 saturated carbocycles. The summed E-state index contributed by atoms with van der Waals surface area (Å²) in [6.07, 6.45) is 0.